The number of amides is 1. The van der Waals surface area contributed by atoms with Crippen LogP contribution < -0.4 is 5.32 Å². The van der Waals surface area contributed by atoms with Crippen LogP contribution in [0.4, 0.5) is 4.79 Å². The average Bonchev–Trinajstić information content (AvgIpc) is 2.66. The quantitative estimate of drug-likeness (QED) is 0.536. The molecule has 3 aromatic carbocycles. The summed E-state index contributed by atoms with van der Waals surface area (Å²) in [7, 11) is 0. The average molecular weight is 350 g/mol. The van der Waals surface area contributed by atoms with E-state index in [2.05, 4.69) is 5.32 Å². The monoisotopic (exact) mass is 350 g/mol. The van der Waals surface area contributed by atoms with Crippen molar-refractivity contribution in [2.75, 3.05) is 6.54 Å². The van der Waals surface area contributed by atoms with Gasteiger partial charge in [-0.3, -0.25) is 10.1 Å². The van der Waals surface area contributed by atoms with Gasteiger partial charge in [-0.2, -0.15) is 0 Å². The van der Waals surface area contributed by atoms with Crippen molar-refractivity contribution in [3.63, 3.8) is 0 Å². The largest absolute Gasteiger partial charge is 0.445 e. The molecule has 0 heterocycles. The van der Waals surface area contributed by atoms with Gasteiger partial charge < -0.3 is 10.1 Å². The van der Waals surface area contributed by atoms with Gasteiger partial charge in [-0.25, -0.2) is 4.79 Å². The fourth-order valence-electron chi connectivity index (χ4n) is 2.83. The fraction of sp³-hybridized carbons (Fsp3) is 0.150. The first-order chi connectivity index (χ1) is 12.6. The Morgan fingerprint density at radius 2 is 1.69 bits per heavy atom. The van der Waals surface area contributed by atoms with Gasteiger partial charge in [0, 0.05) is 4.92 Å². The van der Waals surface area contributed by atoms with Crippen LogP contribution in [-0.4, -0.2) is 17.6 Å². The highest BCUT2D eigenvalue weighted by Gasteiger charge is 2.22. The zero-order chi connectivity index (χ0) is 18.4. The summed E-state index contributed by atoms with van der Waals surface area (Å²) in [4.78, 5) is 22.8. The second-order valence-corrected chi connectivity index (χ2v) is 5.84. The summed E-state index contributed by atoms with van der Waals surface area (Å²) in [5.74, 6) is 0. The van der Waals surface area contributed by atoms with Crippen molar-refractivity contribution in [3.8, 4) is 0 Å². The molecule has 0 aliphatic rings. The second-order valence-electron chi connectivity index (χ2n) is 5.84. The van der Waals surface area contributed by atoms with E-state index in [0.717, 1.165) is 16.3 Å². The third kappa shape index (κ3) is 4.36. The summed E-state index contributed by atoms with van der Waals surface area (Å²) in [6, 6.07) is 21.6. The highest BCUT2D eigenvalue weighted by atomic mass is 16.6. The van der Waals surface area contributed by atoms with Crippen molar-refractivity contribution in [2.24, 2.45) is 0 Å². The van der Waals surface area contributed by atoms with Crippen molar-refractivity contribution in [1.82, 2.24) is 5.32 Å². The first-order valence-corrected chi connectivity index (χ1v) is 8.20. The number of nitrogens with one attached hydrogen (secondary N) is 1. The lowest BCUT2D eigenvalue weighted by molar-refractivity contribution is -0.484. The highest BCUT2D eigenvalue weighted by Crippen LogP contribution is 2.24. The molecular formula is C20H18N2O4. The van der Waals surface area contributed by atoms with Crippen LogP contribution in [0.15, 0.2) is 72.8 Å². The molecule has 1 N–H and O–H groups in total. The number of alkyl carbamates (subject to hydrolysis) is 1. The molecule has 1 amide bonds. The van der Waals surface area contributed by atoms with Crippen LogP contribution in [-0.2, 0) is 11.3 Å². The topological polar surface area (TPSA) is 81.5 Å². The minimum Gasteiger partial charge on any atom is -0.445 e. The molecule has 132 valence electrons. The van der Waals surface area contributed by atoms with Crippen LogP contribution in [0.5, 0.6) is 0 Å². The molecule has 0 saturated heterocycles. The summed E-state index contributed by atoms with van der Waals surface area (Å²) >= 11 is 0. The molecule has 0 aliphatic heterocycles. The van der Waals surface area contributed by atoms with Crippen LogP contribution in [0, 0.1) is 10.1 Å². The highest BCUT2D eigenvalue weighted by molar-refractivity contribution is 5.86. The van der Waals surface area contributed by atoms with Gasteiger partial charge in [0.05, 0.1) is 0 Å². The minimum atomic E-state index is -0.778. The van der Waals surface area contributed by atoms with Gasteiger partial charge in [-0.05, 0) is 21.9 Å². The van der Waals surface area contributed by atoms with E-state index in [1.807, 2.05) is 66.7 Å². The summed E-state index contributed by atoms with van der Waals surface area (Å²) in [6.07, 6.45) is -0.686. The van der Waals surface area contributed by atoms with Crippen LogP contribution in [0.1, 0.15) is 17.2 Å². The van der Waals surface area contributed by atoms with Gasteiger partial charge >= 0.3 is 6.09 Å². The fourth-order valence-corrected chi connectivity index (χ4v) is 2.83. The van der Waals surface area contributed by atoms with E-state index in [4.69, 9.17) is 4.74 Å². The Morgan fingerprint density at radius 1 is 1.00 bits per heavy atom. The van der Waals surface area contributed by atoms with Gasteiger partial charge in [0.25, 0.3) is 0 Å². The van der Waals surface area contributed by atoms with E-state index in [0.29, 0.717) is 5.56 Å². The summed E-state index contributed by atoms with van der Waals surface area (Å²) in [5, 5.41) is 15.5. The predicted octanol–water partition coefficient (Wildman–Crippen LogP) is 4.08. The summed E-state index contributed by atoms with van der Waals surface area (Å²) in [6.45, 7) is -0.318. The normalized spacial score (nSPS) is 11.7. The van der Waals surface area contributed by atoms with E-state index in [1.165, 1.54) is 0 Å². The molecule has 0 bridgehead atoms. The number of benzene rings is 3. The molecule has 0 radical (unpaired) electrons. The molecule has 0 saturated carbocycles. The number of carbonyl (C=O) groups excluding carboxylic acids is 1. The van der Waals surface area contributed by atoms with Gasteiger partial charge in [-0.1, -0.05) is 72.8 Å². The summed E-state index contributed by atoms with van der Waals surface area (Å²) in [5.41, 5.74) is 1.54. The number of nitrogens with zero attached hydrogens (tertiary/aromatic N) is 1. The molecule has 0 unspecified atom stereocenters. The maximum Gasteiger partial charge on any atom is 0.408 e. The zero-order valence-electron chi connectivity index (χ0n) is 14.0. The SMILES string of the molecule is O=C(N[C@@H](C[N+](=O)[O-])c1cccc2ccccc12)OCc1ccccc1. The molecule has 0 fully saturated rings. The van der Waals surface area contributed by atoms with Crippen LogP contribution in [0.2, 0.25) is 0 Å². The second kappa shape index (κ2) is 8.11. The lowest BCUT2D eigenvalue weighted by Gasteiger charge is -2.17. The molecule has 0 spiro atoms. The van der Waals surface area contributed by atoms with Crippen molar-refractivity contribution in [2.45, 2.75) is 12.6 Å². The van der Waals surface area contributed by atoms with E-state index in [1.54, 1.807) is 6.07 Å². The Bertz CT molecular complexity index is 907. The third-order valence-electron chi connectivity index (χ3n) is 4.04. The minimum absolute atomic E-state index is 0.105. The smallest absolute Gasteiger partial charge is 0.408 e. The molecule has 0 aliphatic carbocycles. The van der Waals surface area contributed by atoms with Crippen molar-refractivity contribution >= 4 is 16.9 Å². The molecule has 0 aromatic heterocycles. The molecule has 3 rings (SSSR count). The first kappa shape index (κ1) is 17.4. The number of hydrogen-bond acceptors (Lipinski definition) is 4. The molecule has 3 aromatic rings. The Labute approximate surface area is 150 Å². The molecule has 26 heavy (non-hydrogen) atoms. The van der Waals surface area contributed by atoms with Gasteiger partial charge in [0.15, 0.2) is 0 Å². The van der Waals surface area contributed by atoms with E-state index in [9.17, 15) is 14.9 Å². The lowest BCUT2D eigenvalue weighted by atomic mass is 9.99. The standard InChI is InChI=1S/C20H18N2O4/c23-20(26-14-15-7-2-1-3-8-15)21-19(13-22(24)25)18-12-6-10-16-9-4-5-11-17(16)18/h1-12,19H,13-14H2,(H,21,23)/t19-/m0/s1. The molecule has 6 heteroatoms. The Morgan fingerprint density at radius 3 is 2.46 bits per heavy atom. The van der Waals surface area contributed by atoms with Crippen LogP contribution in [0.25, 0.3) is 10.8 Å². The van der Waals surface area contributed by atoms with E-state index < -0.39 is 23.6 Å². The third-order valence-corrected chi connectivity index (χ3v) is 4.04. The molecule has 1 atom stereocenters. The Balaban J connectivity index is 1.77. The summed E-state index contributed by atoms with van der Waals surface area (Å²) < 4.78 is 5.20. The maximum absolute atomic E-state index is 12.2. The zero-order valence-corrected chi connectivity index (χ0v) is 14.0. The Kier molecular flexibility index (Phi) is 5.43. The molecular weight excluding hydrogens is 332 g/mol. The lowest BCUT2D eigenvalue weighted by Crippen LogP contribution is -2.33. The van der Waals surface area contributed by atoms with Gasteiger partial charge in [0.2, 0.25) is 6.54 Å². The predicted molar refractivity (Wildman–Crippen MR) is 98.3 cm³/mol. The number of rotatable bonds is 6. The maximum atomic E-state index is 12.2. The van der Waals surface area contributed by atoms with Crippen molar-refractivity contribution in [3.05, 3.63) is 94.0 Å². The number of fused-ring (bicyclic) bond motifs is 1. The van der Waals surface area contributed by atoms with Crippen molar-refractivity contribution in [1.29, 1.82) is 0 Å². The number of hydrogen-bond donors (Lipinski definition) is 1. The Hall–Kier alpha value is -3.41. The first-order valence-electron chi connectivity index (χ1n) is 8.20. The number of carbonyl (C=O) groups is 1. The van der Waals surface area contributed by atoms with Crippen LogP contribution >= 0.6 is 0 Å². The number of nitro groups is 1. The van der Waals surface area contributed by atoms with E-state index in [-0.39, 0.29) is 6.61 Å². The van der Waals surface area contributed by atoms with Gasteiger partial charge in [0.1, 0.15) is 12.6 Å². The number of ether oxygens (including phenoxy) is 1. The van der Waals surface area contributed by atoms with Crippen molar-refractivity contribution < 1.29 is 14.5 Å². The van der Waals surface area contributed by atoms with Gasteiger partial charge in [-0.15, -0.1) is 0 Å². The van der Waals surface area contributed by atoms with E-state index >= 15 is 0 Å². The van der Waals surface area contributed by atoms with Crippen LogP contribution in [0.3, 0.4) is 0 Å². The molecule has 6 nitrogen and oxygen atoms in total.